The summed E-state index contributed by atoms with van der Waals surface area (Å²) in [6.07, 6.45) is 0. The minimum Gasteiger partial charge on any atom is -0.456 e. The van der Waals surface area contributed by atoms with Crippen LogP contribution in [0.2, 0.25) is 0 Å². The summed E-state index contributed by atoms with van der Waals surface area (Å²) < 4.78 is 28.3. The van der Waals surface area contributed by atoms with Crippen LogP contribution in [0.15, 0.2) is 115 Å². The molecule has 4 heterocycles. The van der Waals surface area contributed by atoms with Gasteiger partial charge in [0.2, 0.25) is 5.58 Å². The fourth-order valence-electron chi connectivity index (χ4n) is 6.82. The Bertz CT molecular complexity index is 2770. The number of hydrogen-bond donors (Lipinski definition) is 0. The molecule has 4 aromatic heterocycles. The number of para-hydroxylation sites is 1. The van der Waals surface area contributed by atoms with Crippen molar-refractivity contribution >= 4 is 87.7 Å². The molecule has 0 aliphatic carbocycles. The van der Waals surface area contributed by atoms with Crippen LogP contribution in [0.4, 0.5) is 0 Å². The number of hydrogen-bond acceptors (Lipinski definition) is 4. The first-order chi connectivity index (χ1) is 20.6. The normalized spacial score (nSPS) is 12.5. The third-order valence-corrected chi connectivity index (χ3v) is 8.88. The maximum Gasteiger partial charge on any atom is 0.385 e. The SMILES string of the molecule is Cc1ccc2c(oc3c2ccc2c4ccccc4oc23)c1-c1oc2c3c(ccc2[n+]1C)oc1cc2ccccc2cc13. The molecule has 0 aliphatic heterocycles. The van der Waals surface area contributed by atoms with Gasteiger partial charge in [0, 0.05) is 33.0 Å². The van der Waals surface area contributed by atoms with E-state index in [1.165, 1.54) is 5.39 Å². The Hall–Kier alpha value is -5.55. The highest BCUT2D eigenvalue weighted by atomic mass is 16.4. The molecule has 0 unspecified atom stereocenters. The summed E-state index contributed by atoms with van der Waals surface area (Å²) >= 11 is 0. The first-order valence-corrected chi connectivity index (χ1v) is 14.1. The van der Waals surface area contributed by atoms with Crippen molar-refractivity contribution in [2.45, 2.75) is 6.92 Å². The van der Waals surface area contributed by atoms with E-state index < -0.39 is 0 Å². The smallest absolute Gasteiger partial charge is 0.385 e. The number of nitrogens with zero attached hydrogens (tertiary/aromatic N) is 1. The molecule has 10 rings (SSSR count). The molecule has 6 aromatic carbocycles. The van der Waals surface area contributed by atoms with E-state index in [1.807, 2.05) is 37.4 Å². The van der Waals surface area contributed by atoms with Gasteiger partial charge in [-0.15, -0.1) is 0 Å². The molecule has 0 spiro atoms. The van der Waals surface area contributed by atoms with Crippen LogP contribution < -0.4 is 4.57 Å². The third kappa shape index (κ3) is 2.70. The van der Waals surface area contributed by atoms with Gasteiger partial charge in [-0.25, -0.2) is 0 Å². The first kappa shape index (κ1) is 22.2. The Balaban J connectivity index is 1.29. The lowest BCUT2D eigenvalue weighted by atomic mass is 10.0. The zero-order valence-electron chi connectivity index (χ0n) is 22.8. The highest BCUT2D eigenvalue weighted by Crippen LogP contribution is 2.43. The quantitative estimate of drug-likeness (QED) is 0.193. The van der Waals surface area contributed by atoms with Crippen molar-refractivity contribution in [3.05, 3.63) is 103 Å². The summed E-state index contributed by atoms with van der Waals surface area (Å²) in [6.45, 7) is 2.10. The maximum atomic E-state index is 6.82. The van der Waals surface area contributed by atoms with Gasteiger partial charge in [0.25, 0.3) is 5.52 Å². The lowest BCUT2D eigenvalue weighted by molar-refractivity contribution is -0.637. The summed E-state index contributed by atoms with van der Waals surface area (Å²) in [5, 5.41) is 8.52. The van der Waals surface area contributed by atoms with Gasteiger partial charge in [0.1, 0.15) is 29.4 Å². The third-order valence-electron chi connectivity index (χ3n) is 8.88. The van der Waals surface area contributed by atoms with E-state index in [1.54, 1.807) is 0 Å². The highest BCUT2D eigenvalue weighted by molar-refractivity contribution is 6.21. The molecule has 0 fully saturated rings. The number of rotatable bonds is 1. The molecule has 5 heteroatoms. The topological polar surface area (TPSA) is 56.4 Å². The Morgan fingerprint density at radius 1 is 0.500 bits per heavy atom. The molecular formula is C37H22NO4+. The van der Waals surface area contributed by atoms with Gasteiger partial charge in [-0.1, -0.05) is 54.6 Å². The van der Waals surface area contributed by atoms with Gasteiger partial charge >= 0.3 is 5.89 Å². The van der Waals surface area contributed by atoms with Gasteiger partial charge in [0.15, 0.2) is 16.7 Å². The molecule has 0 bridgehead atoms. The van der Waals surface area contributed by atoms with Crippen molar-refractivity contribution in [1.29, 1.82) is 0 Å². The molecule has 0 atom stereocenters. The van der Waals surface area contributed by atoms with Gasteiger partial charge in [-0.3, -0.25) is 0 Å². The first-order valence-electron chi connectivity index (χ1n) is 14.1. The maximum absolute atomic E-state index is 6.82. The summed E-state index contributed by atoms with van der Waals surface area (Å²) in [5.41, 5.74) is 8.58. The minimum absolute atomic E-state index is 0.732. The number of furan rings is 3. The van der Waals surface area contributed by atoms with Gasteiger partial charge in [0.05, 0.1) is 5.39 Å². The van der Waals surface area contributed by atoms with Crippen LogP contribution in [-0.4, -0.2) is 0 Å². The molecule has 0 aliphatic rings. The predicted octanol–water partition coefficient (Wildman–Crippen LogP) is 10.1. The molecule has 0 amide bonds. The number of fused-ring (bicyclic) bond motifs is 13. The number of oxazole rings is 1. The van der Waals surface area contributed by atoms with Crippen LogP contribution in [0.25, 0.3) is 99.1 Å². The van der Waals surface area contributed by atoms with E-state index in [4.69, 9.17) is 17.7 Å². The number of benzene rings is 6. The van der Waals surface area contributed by atoms with Crippen LogP contribution in [-0.2, 0) is 7.05 Å². The van der Waals surface area contributed by atoms with E-state index >= 15 is 0 Å². The molecule has 42 heavy (non-hydrogen) atoms. The second-order valence-corrected chi connectivity index (χ2v) is 11.2. The van der Waals surface area contributed by atoms with Crippen LogP contribution in [0.5, 0.6) is 0 Å². The largest absolute Gasteiger partial charge is 0.456 e. The van der Waals surface area contributed by atoms with Crippen LogP contribution in [0, 0.1) is 6.92 Å². The van der Waals surface area contributed by atoms with Crippen molar-refractivity contribution in [2.75, 3.05) is 0 Å². The summed E-state index contributed by atoms with van der Waals surface area (Å²) in [5.74, 6) is 0.732. The molecule has 10 aromatic rings. The number of aryl methyl sites for hydroxylation is 2. The van der Waals surface area contributed by atoms with E-state index in [9.17, 15) is 0 Å². The average molecular weight is 545 g/mol. The van der Waals surface area contributed by atoms with E-state index in [2.05, 4.69) is 78.2 Å². The second kappa shape index (κ2) is 7.59. The van der Waals surface area contributed by atoms with Crippen molar-refractivity contribution < 1.29 is 22.2 Å². The van der Waals surface area contributed by atoms with Crippen LogP contribution >= 0.6 is 0 Å². The number of aromatic nitrogens is 1. The standard InChI is InChI=1S/C37H22NO4/c1-19-11-12-24-25-14-13-23-22-9-5-6-10-28(22)40-34(23)35(25)41-33(24)31(19)37-38(2)27-15-16-29-32(36(27)42-37)26-17-20-7-3-4-8-21(20)18-30(26)39-29/h3-18H,1-2H3/q+1. The lowest BCUT2D eigenvalue weighted by Gasteiger charge is -2.00. The Morgan fingerprint density at radius 3 is 2.10 bits per heavy atom. The van der Waals surface area contributed by atoms with E-state index in [0.717, 1.165) is 99.3 Å². The second-order valence-electron chi connectivity index (χ2n) is 11.2. The Kier molecular flexibility index (Phi) is 4.01. The van der Waals surface area contributed by atoms with Crippen LogP contribution in [0.1, 0.15) is 5.56 Å². The van der Waals surface area contributed by atoms with Gasteiger partial charge in [-0.05, 0) is 59.7 Å². The van der Waals surface area contributed by atoms with E-state index in [0.29, 0.717) is 0 Å². The zero-order valence-corrected chi connectivity index (χ0v) is 22.8. The molecule has 0 N–H and O–H groups in total. The van der Waals surface area contributed by atoms with Gasteiger partial charge < -0.3 is 17.7 Å². The fourth-order valence-corrected chi connectivity index (χ4v) is 6.82. The van der Waals surface area contributed by atoms with Crippen molar-refractivity contribution in [1.82, 2.24) is 0 Å². The highest BCUT2D eigenvalue weighted by Gasteiger charge is 2.30. The molecular weight excluding hydrogens is 522 g/mol. The summed E-state index contributed by atoms with van der Waals surface area (Å²) in [7, 11) is 2.04. The van der Waals surface area contributed by atoms with Crippen molar-refractivity contribution in [2.24, 2.45) is 7.05 Å². The fraction of sp³-hybridized carbons (Fsp3) is 0.0541. The molecule has 198 valence electrons. The summed E-state index contributed by atoms with van der Waals surface area (Å²) in [6, 6.07) is 33.4. The lowest BCUT2D eigenvalue weighted by Crippen LogP contribution is -2.28. The van der Waals surface area contributed by atoms with Crippen molar-refractivity contribution in [3.8, 4) is 11.5 Å². The van der Waals surface area contributed by atoms with E-state index in [-0.39, 0.29) is 0 Å². The monoisotopic (exact) mass is 544 g/mol. The molecule has 5 nitrogen and oxygen atoms in total. The van der Waals surface area contributed by atoms with Crippen LogP contribution in [0.3, 0.4) is 0 Å². The minimum atomic E-state index is 0.732. The Morgan fingerprint density at radius 2 is 1.21 bits per heavy atom. The van der Waals surface area contributed by atoms with Crippen molar-refractivity contribution in [3.63, 3.8) is 0 Å². The Labute approximate surface area is 237 Å². The summed E-state index contributed by atoms with van der Waals surface area (Å²) in [4.78, 5) is 0. The molecule has 0 radical (unpaired) electrons. The molecule has 0 saturated carbocycles. The predicted molar refractivity (Wildman–Crippen MR) is 167 cm³/mol. The van der Waals surface area contributed by atoms with Gasteiger partial charge in [-0.2, -0.15) is 4.57 Å². The molecule has 0 saturated heterocycles. The average Bonchev–Trinajstić information content (AvgIpc) is 3.76. The zero-order chi connectivity index (χ0) is 27.7.